The van der Waals surface area contributed by atoms with Crippen molar-refractivity contribution in [1.82, 2.24) is 15.6 Å². The molecule has 0 spiro atoms. The van der Waals surface area contributed by atoms with Crippen molar-refractivity contribution in [2.45, 2.75) is 31.1 Å². The van der Waals surface area contributed by atoms with Crippen molar-refractivity contribution in [2.24, 2.45) is 0 Å². The van der Waals surface area contributed by atoms with Gasteiger partial charge in [0.1, 0.15) is 0 Å². The monoisotopic (exact) mass is 347 g/mol. The second kappa shape index (κ2) is 7.24. The normalized spacial score (nSPS) is 15.4. The smallest absolute Gasteiger partial charge is 0.314 e. The first kappa shape index (κ1) is 16.7. The van der Waals surface area contributed by atoms with Crippen molar-refractivity contribution in [2.75, 3.05) is 13.1 Å². The first-order chi connectivity index (χ1) is 12.8. The molecule has 0 atom stereocenters. The van der Waals surface area contributed by atoms with Gasteiger partial charge in [0.25, 0.3) is 0 Å². The number of hydrogen-bond donors (Lipinski definition) is 3. The third-order valence-electron chi connectivity index (χ3n) is 5.64. The quantitative estimate of drug-likeness (QED) is 0.617. The Morgan fingerprint density at radius 1 is 1.00 bits per heavy atom. The number of carbonyl (C=O) groups excluding carboxylic acids is 1. The lowest BCUT2D eigenvalue weighted by Gasteiger charge is -2.42. The first-order valence-electron chi connectivity index (χ1n) is 9.39. The highest BCUT2D eigenvalue weighted by molar-refractivity contribution is 5.83. The zero-order chi connectivity index (χ0) is 17.8. The minimum absolute atomic E-state index is 0.0768. The number of rotatable bonds is 6. The van der Waals surface area contributed by atoms with Crippen LogP contribution in [0.15, 0.2) is 60.8 Å². The van der Waals surface area contributed by atoms with Gasteiger partial charge in [-0.1, -0.05) is 55.0 Å². The molecule has 3 N–H and O–H groups in total. The van der Waals surface area contributed by atoms with Gasteiger partial charge >= 0.3 is 6.03 Å². The molecule has 0 aliphatic heterocycles. The van der Waals surface area contributed by atoms with E-state index in [1.807, 2.05) is 24.4 Å². The van der Waals surface area contributed by atoms with E-state index in [4.69, 9.17) is 0 Å². The number of nitrogens with one attached hydrogen (secondary N) is 3. The molecule has 3 aromatic rings. The van der Waals surface area contributed by atoms with Crippen LogP contribution in [-0.2, 0) is 11.8 Å². The van der Waals surface area contributed by atoms with Gasteiger partial charge < -0.3 is 15.6 Å². The van der Waals surface area contributed by atoms with E-state index in [2.05, 4.69) is 52.0 Å². The van der Waals surface area contributed by atoms with Crippen LogP contribution < -0.4 is 10.6 Å². The van der Waals surface area contributed by atoms with Crippen LogP contribution >= 0.6 is 0 Å². The molecular weight excluding hydrogens is 322 g/mol. The lowest BCUT2D eigenvalue weighted by molar-refractivity contribution is 0.215. The molecule has 4 heteroatoms. The van der Waals surface area contributed by atoms with Gasteiger partial charge in [0.2, 0.25) is 0 Å². The molecular formula is C22H25N3O. The average Bonchev–Trinajstić information content (AvgIpc) is 3.05. The lowest BCUT2D eigenvalue weighted by atomic mass is 9.64. The summed E-state index contributed by atoms with van der Waals surface area (Å²) < 4.78 is 0. The number of aromatic nitrogens is 1. The molecule has 26 heavy (non-hydrogen) atoms. The summed E-state index contributed by atoms with van der Waals surface area (Å²) in [5.74, 6) is 0. The Labute approximate surface area is 154 Å². The maximum atomic E-state index is 12.2. The van der Waals surface area contributed by atoms with Crippen molar-refractivity contribution >= 4 is 16.9 Å². The second-order valence-corrected chi connectivity index (χ2v) is 7.22. The molecule has 0 saturated heterocycles. The van der Waals surface area contributed by atoms with Crippen LogP contribution in [0.5, 0.6) is 0 Å². The van der Waals surface area contributed by atoms with E-state index in [0.717, 1.165) is 24.8 Å². The summed E-state index contributed by atoms with van der Waals surface area (Å²) in [6.07, 6.45) is 6.38. The molecule has 1 aromatic heterocycles. The fourth-order valence-corrected chi connectivity index (χ4v) is 3.92. The largest absolute Gasteiger partial charge is 0.361 e. The van der Waals surface area contributed by atoms with Gasteiger partial charge in [0.15, 0.2) is 0 Å². The summed E-state index contributed by atoms with van der Waals surface area (Å²) >= 11 is 0. The number of benzene rings is 2. The van der Waals surface area contributed by atoms with E-state index in [1.165, 1.54) is 22.9 Å². The van der Waals surface area contributed by atoms with E-state index in [0.29, 0.717) is 13.1 Å². The predicted octanol–water partition coefficient (Wildman–Crippen LogP) is 4.13. The third-order valence-corrected chi connectivity index (χ3v) is 5.64. The van der Waals surface area contributed by atoms with E-state index in [-0.39, 0.29) is 11.4 Å². The SMILES string of the molecule is O=C(NCCc1c[nH]c2ccccc12)NCC1(c2ccccc2)CCC1. The number of hydrogen-bond acceptors (Lipinski definition) is 1. The Morgan fingerprint density at radius 2 is 1.77 bits per heavy atom. The molecule has 134 valence electrons. The predicted molar refractivity (Wildman–Crippen MR) is 105 cm³/mol. The molecule has 1 heterocycles. The number of aromatic amines is 1. The number of amides is 2. The maximum Gasteiger partial charge on any atom is 0.314 e. The Kier molecular flexibility index (Phi) is 4.65. The van der Waals surface area contributed by atoms with Gasteiger partial charge in [-0.25, -0.2) is 4.79 Å². The molecule has 4 rings (SSSR count). The van der Waals surface area contributed by atoms with Crippen LogP contribution in [-0.4, -0.2) is 24.1 Å². The molecule has 1 saturated carbocycles. The molecule has 4 nitrogen and oxygen atoms in total. The third kappa shape index (κ3) is 3.32. The van der Waals surface area contributed by atoms with Gasteiger partial charge in [-0.15, -0.1) is 0 Å². The molecule has 1 aliphatic carbocycles. The molecule has 2 amide bonds. The van der Waals surface area contributed by atoms with E-state index in [1.54, 1.807) is 0 Å². The summed E-state index contributed by atoms with van der Waals surface area (Å²) in [5, 5.41) is 7.31. The number of urea groups is 1. The van der Waals surface area contributed by atoms with Crippen molar-refractivity contribution in [3.63, 3.8) is 0 Å². The molecule has 0 unspecified atom stereocenters. The molecule has 2 aromatic carbocycles. The van der Waals surface area contributed by atoms with Crippen LogP contribution in [0.25, 0.3) is 10.9 Å². The Hall–Kier alpha value is -2.75. The van der Waals surface area contributed by atoms with E-state index in [9.17, 15) is 4.79 Å². The molecule has 0 bridgehead atoms. The fraction of sp³-hybridized carbons (Fsp3) is 0.318. The van der Waals surface area contributed by atoms with Crippen LogP contribution in [0.2, 0.25) is 0 Å². The Morgan fingerprint density at radius 3 is 2.54 bits per heavy atom. The average molecular weight is 347 g/mol. The lowest BCUT2D eigenvalue weighted by Crippen LogP contribution is -2.48. The van der Waals surface area contributed by atoms with E-state index >= 15 is 0 Å². The maximum absolute atomic E-state index is 12.2. The summed E-state index contributed by atoms with van der Waals surface area (Å²) in [6.45, 7) is 1.34. The summed E-state index contributed by atoms with van der Waals surface area (Å²) in [5.41, 5.74) is 3.84. The van der Waals surface area contributed by atoms with Crippen LogP contribution in [0.4, 0.5) is 4.79 Å². The second-order valence-electron chi connectivity index (χ2n) is 7.22. The zero-order valence-corrected chi connectivity index (χ0v) is 14.9. The number of H-pyrrole nitrogens is 1. The molecule has 1 aliphatic rings. The van der Waals surface area contributed by atoms with Crippen molar-refractivity contribution < 1.29 is 4.79 Å². The van der Waals surface area contributed by atoms with Crippen LogP contribution in [0.3, 0.4) is 0 Å². The minimum Gasteiger partial charge on any atom is -0.361 e. The highest BCUT2D eigenvalue weighted by Crippen LogP contribution is 2.43. The summed E-state index contributed by atoms with van der Waals surface area (Å²) in [6, 6.07) is 18.7. The number of para-hydroxylation sites is 1. The van der Waals surface area contributed by atoms with Gasteiger partial charge in [-0.05, 0) is 36.5 Å². The van der Waals surface area contributed by atoms with Gasteiger partial charge in [-0.3, -0.25) is 0 Å². The van der Waals surface area contributed by atoms with Gasteiger partial charge in [0, 0.05) is 35.6 Å². The minimum atomic E-state index is -0.0768. The van der Waals surface area contributed by atoms with Gasteiger partial charge in [-0.2, -0.15) is 0 Å². The van der Waals surface area contributed by atoms with Crippen LogP contribution in [0, 0.1) is 0 Å². The van der Waals surface area contributed by atoms with E-state index < -0.39 is 0 Å². The summed E-state index contributed by atoms with van der Waals surface area (Å²) in [7, 11) is 0. The number of fused-ring (bicyclic) bond motifs is 1. The number of carbonyl (C=O) groups is 1. The highest BCUT2D eigenvalue weighted by atomic mass is 16.2. The summed E-state index contributed by atoms with van der Waals surface area (Å²) in [4.78, 5) is 15.5. The Bertz CT molecular complexity index is 881. The fourth-order valence-electron chi connectivity index (χ4n) is 3.92. The molecule has 0 radical (unpaired) electrons. The molecule has 1 fully saturated rings. The Balaban J connectivity index is 1.28. The van der Waals surface area contributed by atoms with Crippen LogP contribution in [0.1, 0.15) is 30.4 Å². The van der Waals surface area contributed by atoms with Crippen molar-refractivity contribution in [3.8, 4) is 0 Å². The topological polar surface area (TPSA) is 56.9 Å². The van der Waals surface area contributed by atoms with Crippen molar-refractivity contribution in [3.05, 3.63) is 71.9 Å². The van der Waals surface area contributed by atoms with Crippen molar-refractivity contribution in [1.29, 1.82) is 0 Å². The standard InChI is InChI=1S/C22H25N3O/c26-21(23-14-11-17-15-24-20-10-5-4-9-19(17)20)25-16-22(12-6-13-22)18-7-2-1-3-8-18/h1-5,7-10,15,24H,6,11-14,16H2,(H2,23,25,26). The first-order valence-corrected chi connectivity index (χ1v) is 9.39. The highest BCUT2D eigenvalue weighted by Gasteiger charge is 2.38. The zero-order valence-electron chi connectivity index (χ0n) is 14.9. The van der Waals surface area contributed by atoms with Gasteiger partial charge in [0.05, 0.1) is 0 Å².